The molecule has 0 aliphatic heterocycles. The van der Waals surface area contributed by atoms with Crippen molar-refractivity contribution in [3.05, 3.63) is 0 Å². The Hall–Kier alpha value is -0.590. The average molecular weight is 170 g/mol. The Morgan fingerprint density at radius 2 is 2.17 bits per heavy atom. The fourth-order valence-electron chi connectivity index (χ4n) is 0.885. The van der Waals surface area contributed by atoms with Crippen LogP contribution in [0.2, 0.25) is 0 Å². The second-order valence-corrected chi connectivity index (χ2v) is 3.57. The summed E-state index contributed by atoms with van der Waals surface area (Å²) < 4.78 is 0. The summed E-state index contributed by atoms with van der Waals surface area (Å²) in [4.78, 5) is 1.85. The maximum absolute atomic E-state index is 9.69. The van der Waals surface area contributed by atoms with Crippen LogP contribution in [0.4, 0.5) is 0 Å². The molecule has 0 aliphatic carbocycles. The van der Waals surface area contributed by atoms with Crippen molar-refractivity contribution in [2.24, 2.45) is 0 Å². The molecule has 0 aliphatic rings. The fourth-order valence-corrected chi connectivity index (χ4v) is 0.885. The third-order valence-corrected chi connectivity index (χ3v) is 2.20. The van der Waals surface area contributed by atoms with Gasteiger partial charge in [0.05, 0.1) is 17.7 Å². The van der Waals surface area contributed by atoms with Gasteiger partial charge in [0, 0.05) is 6.54 Å². The Balaban J connectivity index is 4.01. The van der Waals surface area contributed by atoms with Gasteiger partial charge in [-0.15, -0.1) is 0 Å². The molecule has 3 nitrogen and oxygen atoms in total. The highest BCUT2D eigenvalue weighted by molar-refractivity contribution is 4.89. The fraction of sp³-hybridized carbons (Fsp3) is 0.889. The molecular weight excluding hydrogens is 152 g/mol. The quantitative estimate of drug-likeness (QED) is 0.684. The van der Waals surface area contributed by atoms with Crippen LogP contribution in [0.3, 0.4) is 0 Å². The van der Waals surface area contributed by atoms with Gasteiger partial charge in [-0.3, -0.25) is 4.90 Å². The third kappa shape index (κ3) is 3.70. The number of hydrogen-bond donors (Lipinski definition) is 1. The van der Waals surface area contributed by atoms with Crippen LogP contribution in [0.1, 0.15) is 27.2 Å². The first-order valence-corrected chi connectivity index (χ1v) is 4.25. The van der Waals surface area contributed by atoms with Gasteiger partial charge in [-0.2, -0.15) is 5.26 Å². The van der Waals surface area contributed by atoms with E-state index in [0.29, 0.717) is 13.0 Å². The zero-order valence-corrected chi connectivity index (χ0v) is 8.33. The van der Waals surface area contributed by atoms with Crippen molar-refractivity contribution in [2.75, 3.05) is 13.6 Å². The van der Waals surface area contributed by atoms with Gasteiger partial charge in [0.25, 0.3) is 0 Å². The van der Waals surface area contributed by atoms with Gasteiger partial charge in [0.2, 0.25) is 0 Å². The molecular formula is C9H18N2O. The lowest BCUT2D eigenvalue weighted by Crippen LogP contribution is -2.41. The van der Waals surface area contributed by atoms with E-state index in [1.54, 1.807) is 6.92 Å². The highest BCUT2D eigenvalue weighted by Gasteiger charge is 2.21. The number of rotatable bonds is 4. The lowest BCUT2D eigenvalue weighted by atomic mass is 10.0. The van der Waals surface area contributed by atoms with E-state index in [0.717, 1.165) is 0 Å². The number of aliphatic hydroxyl groups is 1. The van der Waals surface area contributed by atoms with Crippen molar-refractivity contribution >= 4 is 0 Å². The second kappa shape index (κ2) is 4.44. The van der Waals surface area contributed by atoms with Crippen LogP contribution >= 0.6 is 0 Å². The summed E-state index contributed by atoms with van der Waals surface area (Å²) in [5.41, 5.74) is -0.681. The molecule has 12 heavy (non-hydrogen) atoms. The second-order valence-electron chi connectivity index (χ2n) is 3.57. The van der Waals surface area contributed by atoms with Crippen LogP contribution in [0.15, 0.2) is 0 Å². The summed E-state index contributed by atoms with van der Waals surface area (Å²) in [6.07, 6.45) is 0.704. The van der Waals surface area contributed by atoms with Gasteiger partial charge >= 0.3 is 0 Å². The van der Waals surface area contributed by atoms with Crippen molar-refractivity contribution in [1.29, 1.82) is 5.26 Å². The Morgan fingerprint density at radius 3 is 2.50 bits per heavy atom. The lowest BCUT2D eigenvalue weighted by molar-refractivity contribution is 0.0194. The summed E-state index contributed by atoms with van der Waals surface area (Å²) in [6, 6.07) is 1.99. The molecule has 3 heteroatoms. The van der Waals surface area contributed by atoms with Gasteiger partial charge in [-0.1, -0.05) is 6.92 Å². The number of likely N-dealkylation sites (N-methyl/N-ethyl adjacent to an activating group) is 1. The zero-order valence-electron chi connectivity index (χ0n) is 8.33. The minimum atomic E-state index is -0.681. The van der Waals surface area contributed by atoms with E-state index < -0.39 is 5.60 Å². The van der Waals surface area contributed by atoms with Crippen molar-refractivity contribution < 1.29 is 5.11 Å². The molecule has 2 atom stereocenters. The Labute approximate surface area is 74.6 Å². The summed E-state index contributed by atoms with van der Waals surface area (Å²) in [6.45, 7) is 6.09. The molecule has 0 spiro atoms. The molecule has 0 saturated carbocycles. The van der Waals surface area contributed by atoms with E-state index >= 15 is 0 Å². The molecule has 0 heterocycles. The first kappa shape index (κ1) is 11.4. The first-order valence-electron chi connectivity index (χ1n) is 4.25. The molecule has 1 N–H and O–H groups in total. The van der Waals surface area contributed by atoms with E-state index in [2.05, 4.69) is 6.07 Å². The molecule has 0 aromatic rings. The van der Waals surface area contributed by atoms with Crippen molar-refractivity contribution in [2.45, 2.75) is 38.8 Å². The van der Waals surface area contributed by atoms with Gasteiger partial charge in [-0.25, -0.2) is 0 Å². The molecule has 0 aromatic heterocycles. The minimum absolute atomic E-state index is 0.136. The predicted molar refractivity (Wildman–Crippen MR) is 48.6 cm³/mol. The lowest BCUT2D eigenvalue weighted by Gasteiger charge is -2.29. The number of nitrogens with zero attached hydrogens (tertiary/aromatic N) is 2. The van der Waals surface area contributed by atoms with E-state index in [1.165, 1.54) is 0 Å². The maximum atomic E-state index is 9.69. The van der Waals surface area contributed by atoms with Crippen LogP contribution in [-0.2, 0) is 0 Å². The molecule has 0 fully saturated rings. The highest BCUT2D eigenvalue weighted by atomic mass is 16.3. The summed E-state index contributed by atoms with van der Waals surface area (Å²) in [5, 5.41) is 18.3. The molecule has 0 aromatic carbocycles. The van der Waals surface area contributed by atoms with Crippen LogP contribution in [0.5, 0.6) is 0 Å². The molecule has 70 valence electrons. The molecule has 0 amide bonds. The number of nitriles is 1. The van der Waals surface area contributed by atoms with Gasteiger partial charge in [-0.05, 0) is 27.3 Å². The van der Waals surface area contributed by atoms with Crippen LogP contribution in [0.25, 0.3) is 0 Å². The molecule has 0 saturated heterocycles. The van der Waals surface area contributed by atoms with Crippen LogP contribution < -0.4 is 0 Å². The van der Waals surface area contributed by atoms with Gasteiger partial charge < -0.3 is 5.11 Å². The maximum Gasteiger partial charge on any atom is 0.0947 e. The average Bonchev–Trinajstić information content (AvgIpc) is 2.02. The normalized spacial score (nSPS) is 18.4. The van der Waals surface area contributed by atoms with E-state index in [9.17, 15) is 5.11 Å². The highest BCUT2D eigenvalue weighted by Crippen LogP contribution is 2.10. The smallest absolute Gasteiger partial charge is 0.0947 e. The first-order chi connectivity index (χ1) is 5.43. The van der Waals surface area contributed by atoms with Gasteiger partial charge in [0.15, 0.2) is 0 Å². The topological polar surface area (TPSA) is 47.3 Å². The van der Waals surface area contributed by atoms with Crippen molar-refractivity contribution in [3.63, 3.8) is 0 Å². The largest absolute Gasteiger partial charge is 0.389 e. The summed E-state index contributed by atoms with van der Waals surface area (Å²) in [5.74, 6) is 0. The van der Waals surface area contributed by atoms with Crippen LogP contribution in [0, 0.1) is 11.3 Å². The standard InChI is InChI=1S/C9H18N2O/c1-5-9(3,12)7-11(4)8(2)6-10/h8,12H,5,7H2,1-4H3. The van der Waals surface area contributed by atoms with E-state index in [1.807, 2.05) is 25.8 Å². The van der Waals surface area contributed by atoms with E-state index in [-0.39, 0.29) is 6.04 Å². The van der Waals surface area contributed by atoms with Crippen molar-refractivity contribution in [1.82, 2.24) is 4.90 Å². The Kier molecular flexibility index (Phi) is 4.22. The number of hydrogen-bond acceptors (Lipinski definition) is 3. The SMILES string of the molecule is CCC(C)(O)CN(C)C(C)C#N. The Bertz CT molecular complexity index is 172. The zero-order chi connectivity index (χ0) is 9.78. The van der Waals surface area contributed by atoms with E-state index in [4.69, 9.17) is 5.26 Å². The van der Waals surface area contributed by atoms with Crippen LogP contribution in [-0.4, -0.2) is 35.2 Å². The molecule has 0 radical (unpaired) electrons. The summed E-state index contributed by atoms with van der Waals surface area (Å²) >= 11 is 0. The molecule has 2 unspecified atom stereocenters. The third-order valence-electron chi connectivity index (χ3n) is 2.20. The van der Waals surface area contributed by atoms with Gasteiger partial charge in [0.1, 0.15) is 0 Å². The molecule has 0 rings (SSSR count). The monoisotopic (exact) mass is 170 g/mol. The summed E-state index contributed by atoms with van der Waals surface area (Å²) in [7, 11) is 1.85. The molecule has 0 bridgehead atoms. The predicted octanol–water partition coefficient (Wildman–Crippen LogP) is 0.991. The van der Waals surface area contributed by atoms with Crippen molar-refractivity contribution in [3.8, 4) is 6.07 Å². The minimum Gasteiger partial charge on any atom is -0.389 e. The Morgan fingerprint density at radius 1 is 1.67 bits per heavy atom.